The Bertz CT molecular complexity index is 1410. The molecule has 0 radical (unpaired) electrons. The summed E-state index contributed by atoms with van der Waals surface area (Å²) in [5, 5.41) is 11.6. The van der Waals surface area contributed by atoms with Gasteiger partial charge in [0, 0.05) is 34.1 Å². The summed E-state index contributed by atoms with van der Waals surface area (Å²) in [5.74, 6) is -0.284. The van der Waals surface area contributed by atoms with Crippen LogP contribution in [0.5, 0.6) is 5.75 Å². The van der Waals surface area contributed by atoms with Crippen molar-refractivity contribution in [2.75, 3.05) is 16.3 Å². The van der Waals surface area contributed by atoms with Crippen molar-refractivity contribution in [3.63, 3.8) is 0 Å². The third-order valence-corrected chi connectivity index (χ3v) is 7.09. The Morgan fingerprint density at radius 2 is 1.57 bits per heavy atom. The molecule has 0 aromatic heterocycles. The van der Waals surface area contributed by atoms with Gasteiger partial charge in [0.25, 0.3) is 0 Å². The Kier molecular flexibility index (Phi) is 8.33. The number of ether oxygens (including phenoxy) is 1. The van der Waals surface area contributed by atoms with E-state index in [0.29, 0.717) is 34.1 Å². The molecule has 4 aromatic carbocycles. The molecule has 0 saturated carbocycles. The third kappa shape index (κ3) is 6.05. The molecule has 0 bridgehead atoms. The largest absolute Gasteiger partial charge is 0.755 e. The van der Waals surface area contributed by atoms with Crippen LogP contribution >= 0.6 is 11.6 Å². The van der Waals surface area contributed by atoms with Crippen molar-refractivity contribution in [3.8, 4) is 5.75 Å². The van der Waals surface area contributed by atoms with Crippen LogP contribution in [0.1, 0.15) is 18.9 Å². The third-order valence-electron chi connectivity index (χ3n) is 6.13. The van der Waals surface area contributed by atoms with Gasteiger partial charge in [0.1, 0.15) is 5.75 Å². The summed E-state index contributed by atoms with van der Waals surface area (Å²) in [6.45, 7) is 2.31. The number of hydrogen-bond donors (Lipinski definition) is 1. The normalized spacial score (nSPS) is 12.6. The number of anilines is 3. The van der Waals surface area contributed by atoms with E-state index in [4.69, 9.17) is 16.3 Å². The minimum Gasteiger partial charge on any atom is -0.755 e. The summed E-state index contributed by atoms with van der Waals surface area (Å²) >= 11 is 3.46. The van der Waals surface area contributed by atoms with Crippen LogP contribution in [0.3, 0.4) is 0 Å². The molecule has 0 spiro atoms. The zero-order valence-electron chi connectivity index (χ0n) is 20.3. The highest BCUT2D eigenvalue weighted by molar-refractivity contribution is 7.81. The van der Waals surface area contributed by atoms with Crippen molar-refractivity contribution in [2.45, 2.75) is 25.9 Å². The topological polar surface area (TPSA) is 93.1 Å². The van der Waals surface area contributed by atoms with Crippen LogP contribution in [0.2, 0.25) is 5.02 Å². The molecular weight excluding hydrogens is 512 g/mol. The molecule has 0 heterocycles. The highest BCUT2D eigenvalue weighted by Gasteiger charge is 2.22. The van der Waals surface area contributed by atoms with E-state index in [0.717, 1.165) is 16.6 Å². The Morgan fingerprint density at radius 1 is 0.973 bits per heavy atom. The first-order valence-electron chi connectivity index (χ1n) is 11.6. The molecule has 1 N–H and O–H groups in total. The summed E-state index contributed by atoms with van der Waals surface area (Å²) in [6.07, 6.45) is -0.0633. The minimum atomic E-state index is -2.60. The van der Waals surface area contributed by atoms with Gasteiger partial charge in [0.05, 0.1) is 36.2 Å². The maximum Gasteiger partial charge on any atom is 0.305 e. The lowest BCUT2D eigenvalue weighted by molar-refractivity contribution is -0.137. The average Bonchev–Trinajstić information content (AvgIpc) is 2.88. The number of halogens is 1. The average molecular weight is 538 g/mol. The van der Waals surface area contributed by atoms with Crippen LogP contribution in [0.15, 0.2) is 84.9 Å². The summed E-state index contributed by atoms with van der Waals surface area (Å²) in [5.41, 5.74) is 2.71. The molecule has 7 nitrogen and oxygen atoms in total. The molecule has 1 unspecified atom stereocenters. The van der Waals surface area contributed by atoms with Crippen LogP contribution in [0.25, 0.3) is 10.8 Å². The molecule has 0 aliphatic rings. The van der Waals surface area contributed by atoms with Crippen molar-refractivity contribution < 1.29 is 23.4 Å². The van der Waals surface area contributed by atoms with Crippen LogP contribution in [-0.4, -0.2) is 33.0 Å². The van der Waals surface area contributed by atoms with E-state index in [-0.39, 0.29) is 12.5 Å². The second-order valence-electron chi connectivity index (χ2n) is 8.56. The van der Waals surface area contributed by atoms with Gasteiger partial charge in [-0.1, -0.05) is 48.0 Å². The molecule has 4 aromatic rings. The lowest BCUT2D eigenvalue weighted by Gasteiger charge is -2.33. The van der Waals surface area contributed by atoms with E-state index in [1.165, 1.54) is 4.31 Å². The standard InChI is InChI=1S/C28H27ClN2O5S/c1-19(17-28(32)33)30(18-20-7-9-21(29)10-8-20)26-15-16-27(25-6-4-3-5-24(25)26)31(37(34)35)22-11-13-23(36-2)14-12-22/h3-16,19H,17-18H2,1-2H3,(H,32,33)(H,34,35)/p-1/t19-/m0/s1. The van der Waals surface area contributed by atoms with Gasteiger partial charge in [0.2, 0.25) is 0 Å². The number of fused-ring (bicyclic) bond motifs is 1. The van der Waals surface area contributed by atoms with Gasteiger partial charge in [-0.3, -0.25) is 13.3 Å². The van der Waals surface area contributed by atoms with Gasteiger partial charge in [-0.2, -0.15) is 0 Å². The van der Waals surface area contributed by atoms with E-state index in [1.807, 2.05) is 54.3 Å². The van der Waals surface area contributed by atoms with Gasteiger partial charge in [0.15, 0.2) is 0 Å². The zero-order valence-corrected chi connectivity index (χ0v) is 21.9. The van der Waals surface area contributed by atoms with E-state index >= 15 is 0 Å². The number of carboxylic acid groups (broad SMARTS) is 1. The summed E-state index contributed by atoms with van der Waals surface area (Å²) in [7, 11) is 1.55. The van der Waals surface area contributed by atoms with Gasteiger partial charge in [-0.25, -0.2) is 0 Å². The number of carbonyl (C=O) groups is 1. The summed E-state index contributed by atoms with van der Waals surface area (Å²) in [4.78, 5) is 13.6. The van der Waals surface area contributed by atoms with Gasteiger partial charge >= 0.3 is 5.97 Å². The van der Waals surface area contributed by atoms with Crippen molar-refractivity contribution in [2.24, 2.45) is 0 Å². The van der Waals surface area contributed by atoms with Crippen LogP contribution in [0, 0.1) is 0 Å². The highest BCUT2D eigenvalue weighted by atomic mass is 35.5. The molecule has 0 aliphatic carbocycles. The van der Waals surface area contributed by atoms with E-state index in [1.54, 1.807) is 49.6 Å². The molecule has 4 rings (SSSR count). The monoisotopic (exact) mass is 537 g/mol. The summed E-state index contributed by atoms with van der Waals surface area (Å²) in [6, 6.07) is 24.9. The maximum atomic E-state index is 12.4. The smallest absolute Gasteiger partial charge is 0.305 e. The fourth-order valence-corrected chi connectivity index (χ4v) is 5.09. The van der Waals surface area contributed by atoms with Crippen LogP contribution in [0.4, 0.5) is 17.1 Å². The molecule has 0 saturated heterocycles. The minimum absolute atomic E-state index is 0.0633. The lowest BCUT2D eigenvalue weighted by atomic mass is 10.0. The maximum absolute atomic E-state index is 12.4. The molecule has 9 heteroatoms. The Labute approximate surface area is 223 Å². The Hall–Kier alpha value is -3.59. The first kappa shape index (κ1) is 26.5. The number of methoxy groups -OCH3 is 1. The number of rotatable bonds is 10. The first-order valence-corrected chi connectivity index (χ1v) is 13.0. The molecule has 2 atom stereocenters. The second-order valence-corrected chi connectivity index (χ2v) is 9.80. The molecule has 192 valence electrons. The van der Waals surface area contributed by atoms with E-state index in [9.17, 15) is 18.7 Å². The fraction of sp³-hybridized carbons (Fsp3) is 0.179. The number of hydrogen-bond acceptors (Lipinski definition) is 5. The highest BCUT2D eigenvalue weighted by Crippen LogP contribution is 2.39. The first-order chi connectivity index (χ1) is 17.8. The fourth-order valence-electron chi connectivity index (χ4n) is 4.35. The van der Waals surface area contributed by atoms with Crippen LogP contribution < -0.4 is 13.9 Å². The number of benzene rings is 4. The Balaban J connectivity index is 1.84. The molecule has 0 fully saturated rings. The van der Waals surface area contributed by atoms with Gasteiger partial charge in [-0.05, 0) is 61.0 Å². The lowest BCUT2D eigenvalue weighted by Crippen LogP contribution is -2.34. The van der Waals surface area contributed by atoms with Crippen molar-refractivity contribution >= 4 is 56.7 Å². The van der Waals surface area contributed by atoms with Crippen molar-refractivity contribution in [1.82, 2.24) is 0 Å². The van der Waals surface area contributed by atoms with E-state index < -0.39 is 17.2 Å². The predicted octanol–water partition coefficient (Wildman–Crippen LogP) is 6.30. The molecule has 0 aliphatic heterocycles. The van der Waals surface area contributed by atoms with Gasteiger partial charge in [-0.15, -0.1) is 0 Å². The zero-order chi connectivity index (χ0) is 26.5. The van der Waals surface area contributed by atoms with Crippen LogP contribution in [-0.2, 0) is 22.6 Å². The molecular formula is C28H26ClN2O5S-. The molecule has 0 amide bonds. The van der Waals surface area contributed by atoms with Gasteiger partial charge < -0.3 is 19.3 Å². The SMILES string of the molecule is COc1ccc(N(c2ccc(N(Cc3ccc(Cl)cc3)[C@@H](C)CC(=O)O)c3ccccc23)S(=O)[O-])cc1. The molecule has 37 heavy (non-hydrogen) atoms. The second kappa shape index (κ2) is 11.6. The number of carboxylic acids is 1. The summed E-state index contributed by atoms with van der Waals surface area (Å²) < 4.78 is 31.3. The van der Waals surface area contributed by atoms with Crippen molar-refractivity contribution in [3.05, 3.63) is 95.5 Å². The number of aliphatic carboxylic acids is 1. The Morgan fingerprint density at radius 3 is 2.14 bits per heavy atom. The quantitative estimate of drug-likeness (QED) is 0.238. The van der Waals surface area contributed by atoms with E-state index in [2.05, 4.69) is 0 Å². The predicted molar refractivity (Wildman–Crippen MR) is 147 cm³/mol. The van der Waals surface area contributed by atoms with Crippen molar-refractivity contribution in [1.29, 1.82) is 0 Å². The number of nitrogens with zero attached hydrogens (tertiary/aromatic N) is 2.